The predicted molar refractivity (Wildman–Crippen MR) is 170 cm³/mol. The number of hydrogen-bond donors (Lipinski definition) is 2. The van der Waals surface area contributed by atoms with Gasteiger partial charge in [0.25, 0.3) is 0 Å². The van der Waals surface area contributed by atoms with E-state index in [1.807, 2.05) is 53.0 Å². The second kappa shape index (κ2) is 10.8. The third kappa shape index (κ3) is 4.55. The van der Waals surface area contributed by atoms with E-state index < -0.39 is 17.7 Å². The van der Waals surface area contributed by atoms with Crippen molar-refractivity contribution in [1.29, 1.82) is 0 Å². The van der Waals surface area contributed by atoms with Crippen LogP contribution in [0.5, 0.6) is 0 Å². The van der Waals surface area contributed by atoms with E-state index in [2.05, 4.69) is 25.7 Å². The topological polar surface area (TPSA) is 122 Å². The first-order valence-corrected chi connectivity index (χ1v) is 14.9. The van der Waals surface area contributed by atoms with Gasteiger partial charge in [-0.05, 0) is 36.8 Å². The number of amides is 1. The van der Waals surface area contributed by atoms with Gasteiger partial charge in [-0.15, -0.1) is 0 Å². The molecular weight excluding hydrogens is 592 g/mol. The van der Waals surface area contributed by atoms with E-state index in [9.17, 15) is 13.6 Å². The van der Waals surface area contributed by atoms with E-state index in [1.165, 1.54) is 23.1 Å². The van der Waals surface area contributed by atoms with Crippen LogP contribution >= 0.6 is 0 Å². The first-order valence-electron chi connectivity index (χ1n) is 14.9. The van der Waals surface area contributed by atoms with E-state index in [1.54, 1.807) is 18.1 Å². The molecule has 6 heterocycles. The number of carbonyl (C=O) groups excluding carboxylic acids is 1. The van der Waals surface area contributed by atoms with Crippen LogP contribution in [0.4, 0.5) is 26.2 Å². The molecule has 2 N–H and O–H groups in total. The molecule has 2 atom stereocenters. The molecule has 0 radical (unpaired) electrons. The molecule has 1 amide bonds. The van der Waals surface area contributed by atoms with Gasteiger partial charge in [-0.2, -0.15) is 10.2 Å². The highest BCUT2D eigenvalue weighted by molar-refractivity contribution is 6.02. The Morgan fingerprint density at radius 3 is 2.76 bits per heavy atom. The summed E-state index contributed by atoms with van der Waals surface area (Å²) in [5, 5.41) is 17.7. The highest BCUT2D eigenvalue weighted by Crippen LogP contribution is 2.35. The number of hydrogen-bond acceptors (Lipinski definition) is 9. The molecule has 0 unspecified atom stereocenters. The minimum atomic E-state index is -0.767. The Bertz CT molecular complexity index is 2140. The summed E-state index contributed by atoms with van der Waals surface area (Å²) in [7, 11) is 3.69. The van der Waals surface area contributed by atoms with E-state index in [0.717, 1.165) is 34.0 Å². The number of benzene rings is 2. The maximum Gasteiger partial charge on any atom is 0.245 e. The average molecular weight is 622 g/mol. The second-order valence-electron chi connectivity index (χ2n) is 11.6. The van der Waals surface area contributed by atoms with Crippen LogP contribution in [0.3, 0.4) is 0 Å². The first-order chi connectivity index (χ1) is 22.4. The summed E-state index contributed by atoms with van der Waals surface area (Å²) in [6.45, 7) is 1.39. The SMILES string of the molecule is CN1CCNc2c3c(cccc3nn2C)-c2cccc(n2)N[C@H]2C[C@@H](C1=O)N(c1ncnc3c1cnn3-c1ccc(F)cc1F)C2. The van der Waals surface area contributed by atoms with Crippen LogP contribution in [-0.4, -0.2) is 84.1 Å². The number of halogens is 2. The van der Waals surface area contributed by atoms with Gasteiger partial charge in [-0.1, -0.05) is 18.2 Å². The van der Waals surface area contributed by atoms with Crippen molar-refractivity contribution in [1.82, 2.24) is 39.4 Å². The molecule has 232 valence electrons. The van der Waals surface area contributed by atoms with Gasteiger partial charge in [-0.3, -0.25) is 9.48 Å². The fourth-order valence-corrected chi connectivity index (χ4v) is 6.54. The van der Waals surface area contributed by atoms with E-state index in [0.29, 0.717) is 48.7 Å². The third-order valence-electron chi connectivity index (χ3n) is 8.69. The van der Waals surface area contributed by atoms with Crippen LogP contribution < -0.4 is 15.5 Å². The van der Waals surface area contributed by atoms with E-state index >= 15 is 0 Å². The number of anilines is 3. The second-order valence-corrected chi connectivity index (χ2v) is 11.6. The number of rotatable bonds is 2. The van der Waals surface area contributed by atoms with Crippen molar-refractivity contribution in [2.75, 3.05) is 42.2 Å². The Labute approximate surface area is 261 Å². The van der Waals surface area contributed by atoms with Crippen molar-refractivity contribution in [2.45, 2.75) is 18.5 Å². The quantitative estimate of drug-likeness (QED) is 0.296. The molecule has 1 saturated heterocycles. The van der Waals surface area contributed by atoms with Gasteiger partial charge in [0.05, 0.1) is 28.2 Å². The number of likely N-dealkylation sites (N-methyl/N-ethyl adjacent to an activating group) is 1. The lowest BCUT2D eigenvalue weighted by atomic mass is 10.1. The molecule has 0 saturated carbocycles. The van der Waals surface area contributed by atoms with Gasteiger partial charge in [0.1, 0.15) is 41.3 Å². The molecule has 6 aromatic rings. The molecule has 12 nitrogen and oxygen atoms in total. The molecule has 4 aromatic heterocycles. The standard InChI is InChI=1S/C32H29F2N11O/c1-42-12-11-35-31-28-20(5-3-7-24(28)41-43(31)2)23-6-4-8-27(40-23)39-19-14-26(32(42)46)44(16-19)29-21-15-38-45(30(21)37-17-36-29)25-10-9-18(33)13-22(25)34/h3-10,13,15,17,19,26,35H,11-12,14,16H2,1-2H3,(H,39,40)/t19-,26-/m0/s1. The number of pyridine rings is 1. The summed E-state index contributed by atoms with van der Waals surface area (Å²) in [4.78, 5) is 31.7. The molecule has 14 heteroatoms. The molecule has 0 aliphatic carbocycles. The monoisotopic (exact) mass is 621 g/mol. The van der Waals surface area contributed by atoms with E-state index in [4.69, 9.17) is 10.1 Å². The Morgan fingerprint density at radius 1 is 1.02 bits per heavy atom. The summed E-state index contributed by atoms with van der Waals surface area (Å²) in [5.41, 5.74) is 3.02. The van der Waals surface area contributed by atoms with Gasteiger partial charge in [-0.25, -0.2) is 28.4 Å². The predicted octanol–water partition coefficient (Wildman–Crippen LogP) is 3.99. The smallest absolute Gasteiger partial charge is 0.245 e. The van der Waals surface area contributed by atoms with Crippen LogP contribution in [0.25, 0.3) is 38.9 Å². The lowest BCUT2D eigenvalue weighted by Crippen LogP contribution is -2.45. The first kappa shape index (κ1) is 27.9. The van der Waals surface area contributed by atoms with Crippen molar-refractivity contribution in [3.05, 3.63) is 78.8 Å². The number of fused-ring (bicyclic) bond motifs is 6. The van der Waals surface area contributed by atoms with Crippen LogP contribution in [0, 0.1) is 11.6 Å². The third-order valence-corrected chi connectivity index (χ3v) is 8.69. The summed E-state index contributed by atoms with van der Waals surface area (Å²) >= 11 is 0. The van der Waals surface area contributed by atoms with Crippen molar-refractivity contribution in [3.63, 3.8) is 0 Å². The number of aromatic nitrogens is 7. The fourth-order valence-electron chi connectivity index (χ4n) is 6.54. The maximum absolute atomic E-state index is 14.7. The van der Waals surface area contributed by atoms with Crippen molar-refractivity contribution in [2.24, 2.45) is 7.05 Å². The molecule has 8 rings (SSSR count). The molecule has 2 aromatic carbocycles. The minimum Gasteiger partial charge on any atom is -0.368 e. The molecule has 0 spiro atoms. The Morgan fingerprint density at radius 2 is 1.89 bits per heavy atom. The molecule has 2 aliphatic rings. The van der Waals surface area contributed by atoms with Crippen LogP contribution in [0.1, 0.15) is 6.42 Å². The van der Waals surface area contributed by atoms with Crippen LogP contribution in [0.2, 0.25) is 0 Å². The number of nitrogens with one attached hydrogen (secondary N) is 2. The van der Waals surface area contributed by atoms with Gasteiger partial charge >= 0.3 is 0 Å². The van der Waals surface area contributed by atoms with Crippen LogP contribution in [-0.2, 0) is 11.8 Å². The zero-order valence-corrected chi connectivity index (χ0v) is 25.0. The van der Waals surface area contributed by atoms with Gasteiger partial charge in [0, 0.05) is 51.4 Å². The Balaban J connectivity index is 1.20. The lowest BCUT2D eigenvalue weighted by Gasteiger charge is -2.29. The number of carbonyl (C=O) groups is 1. The minimum absolute atomic E-state index is 0.0570. The van der Waals surface area contributed by atoms with Crippen molar-refractivity contribution < 1.29 is 13.6 Å². The molecule has 46 heavy (non-hydrogen) atoms. The van der Waals surface area contributed by atoms with Crippen molar-refractivity contribution in [3.8, 4) is 16.9 Å². The highest BCUT2D eigenvalue weighted by atomic mass is 19.1. The summed E-state index contributed by atoms with van der Waals surface area (Å²) in [6, 6.07) is 14.4. The van der Waals surface area contributed by atoms with Gasteiger partial charge in [0.2, 0.25) is 5.91 Å². The summed E-state index contributed by atoms with van der Waals surface area (Å²) in [5.74, 6) is 0.512. The van der Waals surface area contributed by atoms with Crippen LogP contribution in [0.15, 0.2) is 67.1 Å². The molecular formula is C32H29F2N11O. The number of aryl methyl sites for hydroxylation is 1. The van der Waals surface area contributed by atoms with E-state index in [-0.39, 0.29) is 17.6 Å². The summed E-state index contributed by atoms with van der Waals surface area (Å²) in [6.07, 6.45) is 3.41. The van der Waals surface area contributed by atoms with Gasteiger partial charge < -0.3 is 20.4 Å². The largest absolute Gasteiger partial charge is 0.368 e. The zero-order valence-electron chi connectivity index (χ0n) is 25.0. The lowest BCUT2D eigenvalue weighted by molar-refractivity contribution is -0.131. The highest BCUT2D eigenvalue weighted by Gasteiger charge is 2.40. The maximum atomic E-state index is 14.7. The Hall–Kier alpha value is -5.66. The summed E-state index contributed by atoms with van der Waals surface area (Å²) < 4.78 is 31.5. The zero-order chi connectivity index (χ0) is 31.5. The Kier molecular flexibility index (Phi) is 6.51. The molecule has 4 bridgehead atoms. The number of nitrogens with zero attached hydrogens (tertiary/aromatic N) is 9. The van der Waals surface area contributed by atoms with Gasteiger partial charge in [0.15, 0.2) is 11.5 Å². The van der Waals surface area contributed by atoms with Crippen molar-refractivity contribution >= 4 is 45.3 Å². The fraction of sp³-hybridized carbons (Fsp3) is 0.250. The average Bonchev–Trinajstić information content (AvgIpc) is 3.75. The normalized spacial score (nSPS) is 18.4. The molecule has 1 fully saturated rings. The molecule has 2 aliphatic heterocycles.